The Kier molecular flexibility index (Phi) is 4.94. The van der Waals surface area contributed by atoms with E-state index >= 15 is 0 Å². The zero-order valence-electron chi connectivity index (χ0n) is 11.8. The van der Waals surface area contributed by atoms with E-state index in [4.69, 9.17) is 10.00 Å². The predicted molar refractivity (Wildman–Crippen MR) is 79.7 cm³/mol. The molecule has 21 heavy (non-hydrogen) atoms. The topological polar surface area (TPSA) is 62.1 Å². The lowest BCUT2D eigenvalue weighted by atomic mass is 10.1. The first-order valence-electron chi connectivity index (χ1n) is 6.63. The van der Waals surface area contributed by atoms with Gasteiger partial charge in [-0.05, 0) is 30.2 Å². The number of carbonyl (C=O) groups is 1. The summed E-state index contributed by atoms with van der Waals surface area (Å²) in [6.45, 7) is 2.28. The third kappa shape index (κ3) is 4.36. The van der Waals surface area contributed by atoms with E-state index in [2.05, 4.69) is 5.32 Å². The quantitative estimate of drug-likeness (QED) is 0.915. The smallest absolute Gasteiger partial charge is 0.258 e. The number of rotatable bonds is 5. The SMILES string of the molecule is Cc1ccc(C#N)cc1OCC(=O)NCc1ccccc1. The normalized spacial score (nSPS) is 9.71. The second kappa shape index (κ2) is 7.11. The van der Waals surface area contributed by atoms with Crippen molar-refractivity contribution in [1.29, 1.82) is 5.26 Å². The first-order valence-corrected chi connectivity index (χ1v) is 6.63. The average molecular weight is 280 g/mol. The van der Waals surface area contributed by atoms with E-state index in [1.165, 1.54) is 0 Å². The number of hydrogen-bond donors (Lipinski definition) is 1. The van der Waals surface area contributed by atoms with Crippen molar-refractivity contribution in [3.8, 4) is 11.8 Å². The molecule has 0 spiro atoms. The zero-order valence-corrected chi connectivity index (χ0v) is 11.8. The lowest BCUT2D eigenvalue weighted by molar-refractivity contribution is -0.123. The molecule has 4 nitrogen and oxygen atoms in total. The van der Waals surface area contributed by atoms with Crippen LogP contribution in [0.25, 0.3) is 0 Å². The van der Waals surface area contributed by atoms with Gasteiger partial charge in [0.15, 0.2) is 6.61 Å². The van der Waals surface area contributed by atoms with Crippen molar-refractivity contribution in [1.82, 2.24) is 5.32 Å². The monoisotopic (exact) mass is 280 g/mol. The lowest BCUT2D eigenvalue weighted by Gasteiger charge is -2.10. The molecular weight excluding hydrogens is 264 g/mol. The maximum atomic E-state index is 11.8. The molecule has 0 aromatic heterocycles. The summed E-state index contributed by atoms with van der Waals surface area (Å²) in [5.74, 6) is 0.365. The van der Waals surface area contributed by atoms with E-state index in [0.29, 0.717) is 17.9 Å². The number of nitrogens with one attached hydrogen (secondary N) is 1. The fourth-order valence-electron chi connectivity index (χ4n) is 1.82. The van der Waals surface area contributed by atoms with E-state index in [1.807, 2.05) is 43.3 Å². The van der Waals surface area contributed by atoms with E-state index in [9.17, 15) is 4.79 Å². The molecule has 0 atom stereocenters. The summed E-state index contributed by atoms with van der Waals surface area (Å²) in [7, 11) is 0. The molecule has 0 aliphatic carbocycles. The number of carbonyl (C=O) groups excluding carboxylic acids is 1. The summed E-state index contributed by atoms with van der Waals surface area (Å²) >= 11 is 0. The predicted octanol–water partition coefficient (Wildman–Crippen LogP) is 2.56. The van der Waals surface area contributed by atoms with Crippen molar-refractivity contribution in [2.24, 2.45) is 0 Å². The second-order valence-corrected chi connectivity index (χ2v) is 4.64. The Hall–Kier alpha value is -2.80. The largest absolute Gasteiger partial charge is 0.483 e. The van der Waals surface area contributed by atoms with Gasteiger partial charge < -0.3 is 10.1 Å². The molecule has 2 aromatic carbocycles. The van der Waals surface area contributed by atoms with Gasteiger partial charge in [0, 0.05) is 6.54 Å². The first kappa shape index (κ1) is 14.6. The van der Waals surface area contributed by atoms with Crippen molar-refractivity contribution in [3.63, 3.8) is 0 Å². The fourth-order valence-corrected chi connectivity index (χ4v) is 1.82. The Bertz CT molecular complexity index is 660. The third-order valence-corrected chi connectivity index (χ3v) is 3.01. The average Bonchev–Trinajstić information content (AvgIpc) is 2.53. The van der Waals surface area contributed by atoms with Crippen molar-refractivity contribution < 1.29 is 9.53 Å². The van der Waals surface area contributed by atoms with Crippen LogP contribution in [0.1, 0.15) is 16.7 Å². The second-order valence-electron chi connectivity index (χ2n) is 4.64. The molecule has 0 heterocycles. The van der Waals surface area contributed by atoms with Crippen molar-refractivity contribution in [3.05, 3.63) is 65.2 Å². The van der Waals surface area contributed by atoms with Gasteiger partial charge in [-0.1, -0.05) is 36.4 Å². The molecule has 0 fully saturated rings. The molecule has 0 aliphatic heterocycles. The molecule has 0 saturated carbocycles. The highest BCUT2D eigenvalue weighted by Crippen LogP contribution is 2.18. The van der Waals surface area contributed by atoms with Crippen LogP contribution >= 0.6 is 0 Å². The summed E-state index contributed by atoms with van der Waals surface area (Å²) in [5, 5.41) is 11.6. The van der Waals surface area contributed by atoms with Gasteiger partial charge in [0.25, 0.3) is 5.91 Å². The molecule has 1 amide bonds. The lowest BCUT2D eigenvalue weighted by Crippen LogP contribution is -2.28. The third-order valence-electron chi connectivity index (χ3n) is 3.01. The number of benzene rings is 2. The van der Waals surface area contributed by atoms with Gasteiger partial charge in [-0.25, -0.2) is 0 Å². The number of amides is 1. The van der Waals surface area contributed by atoms with Crippen molar-refractivity contribution in [2.45, 2.75) is 13.5 Å². The standard InChI is InChI=1S/C17H16N2O2/c1-13-7-8-15(10-18)9-16(13)21-12-17(20)19-11-14-5-3-2-4-6-14/h2-9H,11-12H2,1H3,(H,19,20). The Morgan fingerprint density at radius 2 is 2.00 bits per heavy atom. The molecule has 0 saturated heterocycles. The molecular formula is C17H16N2O2. The van der Waals surface area contributed by atoms with Gasteiger partial charge >= 0.3 is 0 Å². The molecule has 2 rings (SSSR count). The van der Waals surface area contributed by atoms with Crippen LogP contribution in [-0.4, -0.2) is 12.5 Å². The van der Waals surface area contributed by atoms with Crippen LogP contribution in [0.2, 0.25) is 0 Å². The minimum absolute atomic E-state index is 0.0669. The minimum atomic E-state index is -0.194. The molecule has 0 radical (unpaired) electrons. The number of hydrogen-bond acceptors (Lipinski definition) is 3. The Morgan fingerprint density at radius 3 is 2.71 bits per heavy atom. The van der Waals surface area contributed by atoms with E-state index < -0.39 is 0 Å². The molecule has 106 valence electrons. The molecule has 2 aromatic rings. The van der Waals surface area contributed by atoms with Crippen LogP contribution in [0.15, 0.2) is 48.5 Å². The van der Waals surface area contributed by atoms with Crippen molar-refractivity contribution >= 4 is 5.91 Å². The summed E-state index contributed by atoms with van der Waals surface area (Å²) in [4.78, 5) is 11.8. The summed E-state index contributed by atoms with van der Waals surface area (Å²) < 4.78 is 5.47. The minimum Gasteiger partial charge on any atom is -0.483 e. The zero-order chi connectivity index (χ0) is 15.1. The van der Waals surface area contributed by atoms with Gasteiger partial charge in [0.05, 0.1) is 11.6 Å². The van der Waals surface area contributed by atoms with Crippen LogP contribution in [-0.2, 0) is 11.3 Å². The number of ether oxygens (including phenoxy) is 1. The summed E-state index contributed by atoms with van der Waals surface area (Å²) in [5.41, 5.74) is 2.44. The maximum Gasteiger partial charge on any atom is 0.258 e. The molecule has 4 heteroatoms. The van der Waals surface area contributed by atoms with Crippen LogP contribution in [0.4, 0.5) is 0 Å². The number of nitriles is 1. The maximum absolute atomic E-state index is 11.8. The van der Waals surface area contributed by atoms with Crippen LogP contribution in [0, 0.1) is 18.3 Å². The Labute approximate surface area is 124 Å². The van der Waals surface area contributed by atoms with Crippen LogP contribution in [0.5, 0.6) is 5.75 Å². The van der Waals surface area contributed by atoms with Gasteiger partial charge in [0.2, 0.25) is 0 Å². The van der Waals surface area contributed by atoms with Gasteiger partial charge in [-0.3, -0.25) is 4.79 Å². The molecule has 0 aliphatic rings. The van der Waals surface area contributed by atoms with Gasteiger partial charge in [-0.15, -0.1) is 0 Å². The highest BCUT2D eigenvalue weighted by Gasteiger charge is 2.06. The summed E-state index contributed by atoms with van der Waals surface area (Å²) in [6.07, 6.45) is 0. The fraction of sp³-hybridized carbons (Fsp3) is 0.176. The Morgan fingerprint density at radius 1 is 1.24 bits per heavy atom. The van der Waals surface area contributed by atoms with Crippen molar-refractivity contribution in [2.75, 3.05) is 6.61 Å². The van der Waals surface area contributed by atoms with Gasteiger partial charge in [0.1, 0.15) is 5.75 Å². The number of aryl methyl sites for hydroxylation is 1. The van der Waals surface area contributed by atoms with Gasteiger partial charge in [-0.2, -0.15) is 5.26 Å². The molecule has 0 unspecified atom stereocenters. The van der Waals surface area contributed by atoms with E-state index in [0.717, 1.165) is 11.1 Å². The van der Waals surface area contributed by atoms with E-state index in [1.54, 1.807) is 18.2 Å². The molecule has 0 bridgehead atoms. The summed E-state index contributed by atoms with van der Waals surface area (Å²) in [6, 6.07) is 16.9. The highest BCUT2D eigenvalue weighted by molar-refractivity contribution is 5.77. The van der Waals surface area contributed by atoms with E-state index in [-0.39, 0.29) is 12.5 Å². The van der Waals surface area contributed by atoms with Crippen LogP contribution in [0.3, 0.4) is 0 Å². The van der Waals surface area contributed by atoms with Crippen LogP contribution < -0.4 is 10.1 Å². The molecule has 1 N–H and O–H groups in total. The Balaban J connectivity index is 1.85. The highest BCUT2D eigenvalue weighted by atomic mass is 16.5. The first-order chi connectivity index (χ1) is 10.2. The number of nitrogens with zero attached hydrogens (tertiary/aromatic N) is 1.